The largest absolute Gasteiger partial charge is 0.494 e. The number of aliphatic hydroxyl groups excluding tert-OH is 1. The van der Waals surface area contributed by atoms with Crippen LogP contribution in [0, 0.1) is 11.6 Å². The summed E-state index contributed by atoms with van der Waals surface area (Å²) in [6.07, 6.45) is -0.693. The number of hydrogen-bond acceptors (Lipinski definition) is 4. The van der Waals surface area contributed by atoms with Gasteiger partial charge in [-0.25, -0.2) is 8.78 Å². The topological polar surface area (TPSA) is 67.5 Å². The highest BCUT2D eigenvalue weighted by Crippen LogP contribution is 2.20. The van der Waals surface area contributed by atoms with Crippen LogP contribution in [0.25, 0.3) is 0 Å². The molecule has 4 N–H and O–H groups in total. The summed E-state index contributed by atoms with van der Waals surface area (Å²) in [5, 5.41) is 11.9. The molecule has 6 heteroatoms. The van der Waals surface area contributed by atoms with Crippen molar-refractivity contribution in [2.24, 2.45) is 5.73 Å². The predicted molar refractivity (Wildman–Crippen MR) is 59.7 cm³/mol. The molecule has 0 amide bonds. The minimum absolute atomic E-state index is 0.115. The quantitative estimate of drug-likeness (QED) is 0.679. The lowest BCUT2D eigenvalue weighted by atomic mass is 10.2. The van der Waals surface area contributed by atoms with Crippen LogP contribution >= 0.6 is 0 Å². The maximum Gasteiger partial charge on any atom is 0.165 e. The van der Waals surface area contributed by atoms with Crippen molar-refractivity contribution in [1.82, 2.24) is 5.32 Å². The average Bonchev–Trinajstić information content (AvgIpc) is 2.32. The molecule has 0 aliphatic carbocycles. The van der Waals surface area contributed by atoms with Gasteiger partial charge in [0.05, 0.1) is 13.2 Å². The Morgan fingerprint density at radius 2 is 2.12 bits per heavy atom. The van der Waals surface area contributed by atoms with Gasteiger partial charge in [0.1, 0.15) is 5.82 Å². The fourth-order valence-corrected chi connectivity index (χ4v) is 1.32. The van der Waals surface area contributed by atoms with Crippen molar-refractivity contribution >= 4 is 0 Å². The van der Waals surface area contributed by atoms with Crippen LogP contribution in [0.1, 0.15) is 5.56 Å². The molecular formula is C11H16F2N2O2. The van der Waals surface area contributed by atoms with Gasteiger partial charge in [0.25, 0.3) is 0 Å². The third-order valence-electron chi connectivity index (χ3n) is 2.29. The van der Waals surface area contributed by atoms with Gasteiger partial charge in [0, 0.05) is 31.3 Å². The summed E-state index contributed by atoms with van der Waals surface area (Å²) in [6.45, 7) is 0.458. The van der Waals surface area contributed by atoms with Gasteiger partial charge in [-0.3, -0.25) is 0 Å². The highest BCUT2D eigenvalue weighted by Gasteiger charge is 2.10. The zero-order chi connectivity index (χ0) is 12.8. The van der Waals surface area contributed by atoms with Gasteiger partial charge in [-0.2, -0.15) is 0 Å². The van der Waals surface area contributed by atoms with Crippen molar-refractivity contribution in [3.05, 3.63) is 29.3 Å². The zero-order valence-corrected chi connectivity index (χ0v) is 9.54. The fraction of sp³-hybridized carbons (Fsp3) is 0.455. The summed E-state index contributed by atoms with van der Waals surface area (Å²) in [6, 6.07) is 2.06. The number of nitrogens with two attached hydrogens (primary N) is 1. The highest BCUT2D eigenvalue weighted by molar-refractivity contribution is 5.30. The third-order valence-corrected chi connectivity index (χ3v) is 2.29. The molecule has 4 nitrogen and oxygen atoms in total. The Labute approximate surface area is 98.4 Å². The Balaban J connectivity index is 2.62. The first-order valence-corrected chi connectivity index (χ1v) is 5.19. The lowest BCUT2D eigenvalue weighted by Gasteiger charge is -2.11. The van der Waals surface area contributed by atoms with E-state index in [1.165, 1.54) is 7.11 Å². The SMILES string of the molecule is COc1cc(F)c(CNCC(O)CN)cc1F. The first-order chi connectivity index (χ1) is 8.08. The summed E-state index contributed by atoms with van der Waals surface area (Å²) in [7, 11) is 1.27. The second-order valence-electron chi connectivity index (χ2n) is 3.60. The first-order valence-electron chi connectivity index (χ1n) is 5.19. The summed E-state index contributed by atoms with van der Waals surface area (Å²) < 4.78 is 31.4. The molecule has 96 valence electrons. The van der Waals surface area contributed by atoms with Gasteiger partial charge < -0.3 is 20.9 Å². The second-order valence-corrected chi connectivity index (χ2v) is 3.60. The van der Waals surface area contributed by atoms with E-state index in [4.69, 9.17) is 10.8 Å². The van der Waals surface area contributed by atoms with Crippen LogP contribution in [0.2, 0.25) is 0 Å². The summed E-state index contributed by atoms with van der Waals surface area (Å²) in [5.41, 5.74) is 5.38. The maximum atomic E-state index is 13.4. The van der Waals surface area contributed by atoms with Gasteiger partial charge in [0.2, 0.25) is 0 Å². The van der Waals surface area contributed by atoms with E-state index >= 15 is 0 Å². The molecule has 17 heavy (non-hydrogen) atoms. The van der Waals surface area contributed by atoms with Crippen LogP contribution < -0.4 is 15.8 Å². The van der Waals surface area contributed by atoms with Crippen LogP contribution in [0.5, 0.6) is 5.75 Å². The molecule has 0 aliphatic rings. The number of aliphatic hydroxyl groups is 1. The van der Waals surface area contributed by atoms with Gasteiger partial charge >= 0.3 is 0 Å². The van der Waals surface area contributed by atoms with Crippen molar-refractivity contribution in [2.75, 3.05) is 20.2 Å². The van der Waals surface area contributed by atoms with Gasteiger partial charge in [0.15, 0.2) is 11.6 Å². The molecule has 0 radical (unpaired) electrons. The van der Waals surface area contributed by atoms with E-state index in [1.807, 2.05) is 0 Å². The van der Waals surface area contributed by atoms with E-state index in [9.17, 15) is 8.78 Å². The molecular weight excluding hydrogens is 230 g/mol. The minimum Gasteiger partial charge on any atom is -0.494 e. The van der Waals surface area contributed by atoms with Crippen LogP contribution in [0.15, 0.2) is 12.1 Å². The molecule has 0 aliphatic heterocycles. The molecule has 0 saturated heterocycles. The van der Waals surface area contributed by atoms with Crippen molar-refractivity contribution < 1.29 is 18.6 Å². The van der Waals surface area contributed by atoms with Gasteiger partial charge in [-0.1, -0.05) is 0 Å². The normalized spacial score (nSPS) is 12.5. The van der Waals surface area contributed by atoms with Crippen LogP contribution in [0.4, 0.5) is 8.78 Å². The lowest BCUT2D eigenvalue weighted by molar-refractivity contribution is 0.179. The van der Waals surface area contributed by atoms with Crippen molar-refractivity contribution in [3.63, 3.8) is 0 Å². The molecule has 1 unspecified atom stereocenters. The summed E-state index contributed by atoms with van der Waals surface area (Å²) >= 11 is 0. The first kappa shape index (κ1) is 13.8. The third kappa shape index (κ3) is 3.92. The van der Waals surface area contributed by atoms with E-state index < -0.39 is 17.7 Å². The summed E-state index contributed by atoms with van der Waals surface area (Å²) in [5.74, 6) is -1.31. The molecule has 1 aromatic rings. The van der Waals surface area contributed by atoms with Crippen LogP contribution in [-0.4, -0.2) is 31.4 Å². The minimum atomic E-state index is -0.693. The Morgan fingerprint density at radius 1 is 1.41 bits per heavy atom. The standard InChI is InChI=1S/C11H16F2N2O2/c1-17-11-3-9(12)7(2-10(11)13)5-15-6-8(16)4-14/h2-3,8,15-16H,4-6,14H2,1H3. The van der Waals surface area contributed by atoms with E-state index in [0.717, 1.165) is 12.1 Å². The summed E-state index contributed by atoms with van der Waals surface area (Å²) in [4.78, 5) is 0. The van der Waals surface area contributed by atoms with Crippen LogP contribution in [-0.2, 0) is 6.54 Å². The molecule has 1 rings (SSSR count). The Hall–Kier alpha value is -1.24. The Morgan fingerprint density at radius 3 is 2.71 bits per heavy atom. The van der Waals surface area contributed by atoms with E-state index in [-0.39, 0.29) is 30.9 Å². The molecule has 0 heterocycles. The lowest BCUT2D eigenvalue weighted by Crippen LogP contribution is -2.32. The molecule has 1 atom stereocenters. The second kappa shape index (κ2) is 6.48. The van der Waals surface area contributed by atoms with Crippen molar-refractivity contribution in [3.8, 4) is 5.75 Å². The van der Waals surface area contributed by atoms with E-state index in [1.54, 1.807) is 0 Å². The monoisotopic (exact) mass is 246 g/mol. The smallest absolute Gasteiger partial charge is 0.165 e. The Bertz CT molecular complexity index is 375. The highest BCUT2D eigenvalue weighted by atomic mass is 19.1. The number of benzene rings is 1. The average molecular weight is 246 g/mol. The zero-order valence-electron chi connectivity index (χ0n) is 9.54. The molecule has 1 aromatic carbocycles. The Kier molecular flexibility index (Phi) is 5.27. The predicted octanol–water partition coefficient (Wildman–Crippen LogP) is 0.383. The van der Waals surface area contributed by atoms with Gasteiger partial charge in [-0.05, 0) is 6.07 Å². The molecule has 0 bridgehead atoms. The van der Waals surface area contributed by atoms with E-state index in [0.29, 0.717) is 0 Å². The van der Waals surface area contributed by atoms with Gasteiger partial charge in [-0.15, -0.1) is 0 Å². The number of ether oxygens (including phenoxy) is 1. The molecule has 0 spiro atoms. The molecule has 0 aromatic heterocycles. The van der Waals surface area contributed by atoms with Crippen LogP contribution in [0.3, 0.4) is 0 Å². The van der Waals surface area contributed by atoms with E-state index in [2.05, 4.69) is 10.1 Å². The molecule has 0 saturated carbocycles. The van der Waals surface area contributed by atoms with Crippen molar-refractivity contribution in [2.45, 2.75) is 12.6 Å². The molecule has 0 fully saturated rings. The van der Waals surface area contributed by atoms with Crippen molar-refractivity contribution in [1.29, 1.82) is 0 Å². The number of rotatable bonds is 6. The number of methoxy groups -OCH3 is 1. The number of nitrogens with one attached hydrogen (secondary N) is 1. The maximum absolute atomic E-state index is 13.4. The fourth-order valence-electron chi connectivity index (χ4n) is 1.32. The number of halogens is 2. The number of hydrogen-bond donors (Lipinski definition) is 3.